The minimum absolute atomic E-state index is 0.0250. The highest BCUT2D eigenvalue weighted by atomic mass is 35.5. The first-order valence-corrected chi connectivity index (χ1v) is 8.49. The Bertz CT molecular complexity index is 841. The number of anilines is 1. The van der Waals surface area contributed by atoms with Crippen molar-refractivity contribution in [3.05, 3.63) is 70.3 Å². The van der Waals surface area contributed by atoms with Gasteiger partial charge < -0.3 is 10.4 Å². The zero-order valence-corrected chi connectivity index (χ0v) is 14.0. The maximum Gasteiger partial charge on any atom is 0.160 e. The molecule has 2 N–H and O–H groups in total. The Balaban J connectivity index is 1.86. The van der Waals surface area contributed by atoms with Gasteiger partial charge in [0.05, 0.1) is 11.7 Å². The molecule has 3 nitrogen and oxygen atoms in total. The fraction of sp³-hybridized carbons (Fsp3) is 0.250. The second kappa shape index (κ2) is 5.67. The van der Waals surface area contributed by atoms with Gasteiger partial charge in [-0.15, -0.1) is 0 Å². The maximum atomic E-state index is 12.1. The van der Waals surface area contributed by atoms with Crippen LogP contribution < -0.4 is 5.32 Å². The Hall–Kier alpha value is -2.26. The lowest BCUT2D eigenvalue weighted by Gasteiger charge is -2.38. The standard InChI is InChI=1S/C20H18ClNO2/c1-11(23)14-9-10-17(24)20-18(14)15-3-2-4-16(15)19(22-20)12-5-7-13(21)8-6-12/h2-3,5-10,15-16,19,22,24H,4H2,1H3/t15-,16-,19-/m0/s1. The number of nitrogens with one attached hydrogen (secondary N) is 1. The van der Waals surface area contributed by atoms with Crippen molar-refractivity contribution in [1.82, 2.24) is 0 Å². The number of halogens is 1. The van der Waals surface area contributed by atoms with Crippen LogP contribution >= 0.6 is 11.6 Å². The summed E-state index contributed by atoms with van der Waals surface area (Å²) in [4.78, 5) is 12.1. The van der Waals surface area contributed by atoms with Crippen LogP contribution in [0.1, 0.15) is 46.8 Å². The van der Waals surface area contributed by atoms with E-state index in [1.165, 1.54) is 0 Å². The minimum Gasteiger partial charge on any atom is -0.506 e. The molecular weight excluding hydrogens is 322 g/mol. The summed E-state index contributed by atoms with van der Waals surface area (Å²) in [6, 6.07) is 11.2. The molecule has 0 aromatic heterocycles. The second-order valence-corrected chi connectivity index (χ2v) is 6.94. The van der Waals surface area contributed by atoms with E-state index in [0.29, 0.717) is 22.2 Å². The van der Waals surface area contributed by atoms with Gasteiger partial charge in [0.1, 0.15) is 5.75 Å². The fourth-order valence-corrected chi connectivity index (χ4v) is 4.13. The molecule has 0 bridgehead atoms. The molecule has 4 rings (SSSR count). The second-order valence-electron chi connectivity index (χ2n) is 6.50. The summed E-state index contributed by atoms with van der Waals surface area (Å²) < 4.78 is 0. The molecule has 0 radical (unpaired) electrons. The van der Waals surface area contributed by atoms with Gasteiger partial charge in [-0.05, 0) is 54.7 Å². The fourth-order valence-electron chi connectivity index (χ4n) is 4.00. The SMILES string of the molecule is CC(=O)c1ccc(O)c2c1[C@H]1C=CC[C@@H]1[C@H](c1ccc(Cl)cc1)N2. The Labute approximate surface area is 146 Å². The third kappa shape index (κ3) is 2.31. The van der Waals surface area contributed by atoms with E-state index in [1.807, 2.05) is 24.3 Å². The summed E-state index contributed by atoms with van der Waals surface area (Å²) >= 11 is 6.01. The van der Waals surface area contributed by atoms with Gasteiger partial charge in [0.25, 0.3) is 0 Å². The van der Waals surface area contributed by atoms with E-state index in [1.54, 1.807) is 19.1 Å². The molecule has 0 unspecified atom stereocenters. The lowest BCUT2D eigenvalue weighted by Crippen LogP contribution is -2.30. The number of allylic oxidation sites excluding steroid dienone is 2. The molecule has 1 aliphatic heterocycles. The number of hydrogen-bond acceptors (Lipinski definition) is 3. The number of aromatic hydroxyl groups is 1. The molecule has 122 valence electrons. The van der Waals surface area contributed by atoms with Crippen molar-refractivity contribution >= 4 is 23.1 Å². The molecule has 1 heterocycles. The predicted octanol–water partition coefficient (Wildman–Crippen LogP) is 5.07. The van der Waals surface area contributed by atoms with Gasteiger partial charge in [-0.25, -0.2) is 0 Å². The highest BCUT2D eigenvalue weighted by Crippen LogP contribution is 2.53. The third-order valence-electron chi connectivity index (χ3n) is 5.11. The number of ketones is 1. The number of carbonyl (C=O) groups excluding carboxylic acids is 1. The van der Waals surface area contributed by atoms with Crippen LogP contribution in [0.15, 0.2) is 48.6 Å². The van der Waals surface area contributed by atoms with E-state index in [9.17, 15) is 9.90 Å². The van der Waals surface area contributed by atoms with Gasteiger partial charge >= 0.3 is 0 Å². The maximum absolute atomic E-state index is 12.1. The van der Waals surface area contributed by atoms with Crippen LogP contribution in [0, 0.1) is 5.92 Å². The molecule has 1 aliphatic carbocycles. The monoisotopic (exact) mass is 339 g/mol. The Morgan fingerprint density at radius 2 is 1.96 bits per heavy atom. The number of phenolic OH excluding ortho intramolecular Hbond substituents is 1. The van der Waals surface area contributed by atoms with E-state index in [0.717, 1.165) is 17.5 Å². The van der Waals surface area contributed by atoms with E-state index < -0.39 is 0 Å². The molecule has 0 saturated heterocycles. The number of carbonyl (C=O) groups is 1. The normalized spacial score (nSPS) is 24.2. The van der Waals surface area contributed by atoms with Crippen molar-refractivity contribution in [2.24, 2.45) is 5.92 Å². The van der Waals surface area contributed by atoms with Crippen LogP contribution in [0.25, 0.3) is 0 Å². The summed E-state index contributed by atoms with van der Waals surface area (Å²) in [5, 5.41) is 14.6. The van der Waals surface area contributed by atoms with Crippen molar-refractivity contribution in [3.8, 4) is 5.75 Å². The van der Waals surface area contributed by atoms with Crippen LogP contribution in [-0.4, -0.2) is 10.9 Å². The highest BCUT2D eigenvalue weighted by Gasteiger charge is 2.40. The first-order valence-electron chi connectivity index (χ1n) is 8.11. The Morgan fingerprint density at radius 1 is 1.21 bits per heavy atom. The molecule has 3 atom stereocenters. The van der Waals surface area contributed by atoms with Gasteiger partial charge in [0, 0.05) is 16.5 Å². The quantitative estimate of drug-likeness (QED) is 0.456. The van der Waals surface area contributed by atoms with E-state index in [4.69, 9.17) is 11.6 Å². The third-order valence-corrected chi connectivity index (χ3v) is 5.36. The lowest BCUT2D eigenvalue weighted by atomic mass is 9.75. The molecule has 2 aromatic rings. The van der Waals surface area contributed by atoms with Crippen molar-refractivity contribution < 1.29 is 9.90 Å². The minimum atomic E-state index is 0.0250. The molecule has 0 saturated carbocycles. The first kappa shape index (κ1) is 15.3. The number of phenols is 1. The number of rotatable bonds is 2. The predicted molar refractivity (Wildman–Crippen MR) is 95.9 cm³/mol. The zero-order valence-electron chi connectivity index (χ0n) is 13.3. The van der Waals surface area contributed by atoms with Gasteiger partial charge in [-0.1, -0.05) is 35.9 Å². The van der Waals surface area contributed by atoms with E-state index in [2.05, 4.69) is 17.5 Å². The highest BCUT2D eigenvalue weighted by molar-refractivity contribution is 6.30. The first-order chi connectivity index (χ1) is 11.6. The van der Waals surface area contributed by atoms with Crippen molar-refractivity contribution in [3.63, 3.8) is 0 Å². The number of Topliss-reactive ketones (excluding diaryl/α,β-unsaturated/α-hetero) is 1. The molecule has 0 amide bonds. The van der Waals surface area contributed by atoms with Crippen LogP contribution in [0.4, 0.5) is 5.69 Å². The van der Waals surface area contributed by atoms with Gasteiger partial charge in [0.2, 0.25) is 0 Å². The van der Waals surface area contributed by atoms with Crippen LogP contribution in [0.3, 0.4) is 0 Å². The summed E-state index contributed by atoms with van der Waals surface area (Å²) in [5.74, 6) is 0.663. The van der Waals surface area contributed by atoms with Gasteiger partial charge in [0.15, 0.2) is 5.78 Å². The van der Waals surface area contributed by atoms with Gasteiger partial charge in [-0.3, -0.25) is 4.79 Å². The van der Waals surface area contributed by atoms with Gasteiger partial charge in [-0.2, -0.15) is 0 Å². The molecule has 24 heavy (non-hydrogen) atoms. The van der Waals surface area contributed by atoms with Crippen LogP contribution in [-0.2, 0) is 0 Å². The van der Waals surface area contributed by atoms with E-state index in [-0.39, 0.29) is 23.5 Å². The summed E-state index contributed by atoms with van der Waals surface area (Å²) in [7, 11) is 0. The summed E-state index contributed by atoms with van der Waals surface area (Å²) in [6.07, 6.45) is 5.28. The average molecular weight is 340 g/mol. The smallest absolute Gasteiger partial charge is 0.160 e. The Morgan fingerprint density at radius 3 is 2.67 bits per heavy atom. The summed E-state index contributed by atoms with van der Waals surface area (Å²) in [5.41, 5.74) is 3.42. The number of hydrogen-bond donors (Lipinski definition) is 2. The van der Waals surface area contributed by atoms with Crippen LogP contribution in [0.5, 0.6) is 5.75 Å². The molecule has 0 fully saturated rings. The molecular formula is C20H18ClNO2. The topological polar surface area (TPSA) is 49.3 Å². The van der Waals surface area contributed by atoms with Crippen molar-refractivity contribution in [1.29, 1.82) is 0 Å². The number of benzene rings is 2. The van der Waals surface area contributed by atoms with Crippen molar-refractivity contribution in [2.45, 2.75) is 25.3 Å². The lowest BCUT2D eigenvalue weighted by molar-refractivity contribution is 0.101. The largest absolute Gasteiger partial charge is 0.506 e. The van der Waals surface area contributed by atoms with Crippen LogP contribution in [0.2, 0.25) is 5.02 Å². The molecule has 4 heteroatoms. The van der Waals surface area contributed by atoms with Crippen molar-refractivity contribution in [2.75, 3.05) is 5.32 Å². The average Bonchev–Trinajstić information content (AvgIpc) is 3.05. The Kier molecular flexibility index (Phi) is 3.61. The summed E-state index contributed by atoms with van der Waals surface area (Å²) in [6.45, 7) is 1.58. The van der Waals surface area contributed by atoms with E-state index >= 15 is 0 Å². The number of fused-ring (bicyclic) bond motifs is 3. The zero-order chi connectivity index (χ0) is 16.8. The molecule has 2 aliphatic rings. The molecule has 0 spiro atoms. The molecule has 2 aromatic carbocycles.